The van der Waals surface area contributed by atoms with Crippen LogP contribution in [-0.2, 0) is 4.79 Å². The minimum Gasteiger partial charge on any atom is -0.481 e. The van der Waals surface area contributed by atoms with Crippen LogP contribution in [-0.4, -0.2) is 29.7 Å². The minimum absolute atomic E-state index is 0.00468. The molecule has 0 saturated heterocycles. The molecule has 2 amide bonds. The summed E-state index contributed by atoms with van der Waals surface area (Å²) < 4.78 is 0. The number of carboxylic acid groups (broad SMARTS) is 1. The average molecular weight is 270 g/mol. The molecule has 3 N–H and O–H groups in total. The van der Waals surface area contributed by atoms with Crippen molar-refractivity contribution >= 4 is 12.0 Å². The van der Waals surface area contributed by atoms with Crippen LogP contribution in [0.2, 0.25) is 0 Å². The fourth-order valence-electron chi connectivity index (χ4n) is 2.64. The Bertz CT molecular complexity index is 312. The molecule has 0 bridgehead atoms. The van der Waals surface area contributed by atoms with E-state index in [0.29, 0.717) is 5.92 Å². The largest absolute Gasteiger partial charge is 0.481 e. The SMILES string of the molecule is CC(C)C(CNC(=O)NC(C)C1CCCC1)C(=O)O. The molecular formula is C14H26N2O3. The Morgan fingerprint density at radius 1 is 1.21 bits per heavy atom. The maximum Gasteiger partial charge on any atom is 0.315 e. The van der Waals surface area contributed by atoms with Gasteiger partial charge in [0.05, 0.1) is 5.92 Å². The lowest BCUT2D eigenvalue weighted by atomic mass is 9.96. The van der Waals surface area contributed by atoms with Crippen LogP contribution in [0.1, 0.15) is 46.5 Å². The number of carbonyl (C=O) groups excluding carboxylic acids is 1. The molecule has 19 heavy (non-hydrogen) atoms. The van der Waals surface area contributed by atoms with Crippen LogP contribution in [0.25, 0.3) is 0 Å². The van der Waals surface area contributed by atoms with E-state index < -0.39 is 11.9 Å². The highest BCUT2D eigenvalue weighted by atomic mass is 16.4. The molecule has 0 aliphatic heterocycles. The van der Waals surface area contributed by atoms with Crippen molar-refractivity contribution in [1.82, 2.24) is 10.6 Å². The fourth-order valence-corrected chi connectivity index (χ4v) is 2.64. The molecule has 0 aromatic rings. The zero-order valence-electron chi connectivity index (χ0n) is 12.1. The first-order valence-corrected chi connectivity index (χ1v) is 7.19. The Morgan fingerprint density at radius 3 is 2.26 bits per heavy atom. The topological polar surface area (TPSA) is 78.4 Å². The van der Waals surface area contributed by atoms with Gasteiger partial charge in [-0.15, -0.1) is 0 Å². The highest BCUT2D eigenvalue weighted by Gasteiger charge is 2.24. The van der Waals surface area contributed by atoms with Crippen LogP contribution in [0.15, 0.2) is 0 Å². The first-order chi connectivity index (χ1) is 8.91. The molecule has 1 rings (SSSR count). The molecule has 5 nitrogen and oxygen atoms in total. The smallest absolute Gasteiger partial charge is 0.315 e. The summed E-state index contributed by atoms with van der Waals surface area (Å²) in [6.45, 7) is 5.89. The van der Waals surface area contributed by atoms with Gasteiger partial charge in [-0.3, -0.25) is 4.79 Å². The summed E-state index contributed by atoms with van der Waals surface area (Å²) in [7, 11) is 0. The van der Waals surface area contributed by atoms with E-state index in [-0.39, 0.29) is 24.5 Å². The van der Waals surface area contributed by atoms with E-state index in [0.717, 1.165) is 0 Å². The molecular weight excluding hydrogens is 244 g/mol. The van der Waals surface area contributed by atoms with E-state index in [9.17, 15) is 9.59 Å². The van der Waals surface area contributed by atoms with E-state index in [1.807, 2.05) is 20.8 Å². The second-order valence-corrected chi connectivity index (χ2v) is 5.88. The summed E-state index contributed by atoms with van der Waals surface area (Å²) in [5.74, 6) is -0.831. The maximum absolute atomic E-state index is 11.7. The number of rotatable bonds is 6. The third kappa shape index (κ3) is 5.09. The number of hydrogen-bond acceptors (Lipinski definition) is 2. The number of hydrogen-bond donors (Lipinski definition) is 3. The Labute approximate surface area is 115 Å². The first-order valence-electron chi connectivity index (χ1n) is 7.19. The molecule has 110 valence electrons. The van der Waals surface area contributed by atoms with Gasteiger partial charge in [-0.1, -0.05) is 26.7 Å². The second kappa shape index (κ2) is 7.36. The lowest BCUT2D eigenvalue weighted by molar-refractivity contribution is -0.142. The van der Waals surface area contributed by atoms with Crippen molar-refractivity contribution in [3.63, 3.8) is 0 Å². The van der Waals surface area contributed by atoms with Gasteiger partial charge in [-0.2, -0.15) is 0 Å². The van der Waals surface area contributed by atoms with Crippen molar-refractivity contribution in [2.24, 2.45) is 17.8 Å². The number of aliphatic carboxylic acids is 1. The molecule has 0 spiro atoms. The van der Waals surface area contributed by atoms with Crippen LogP contribution in [0.5, 0.6) is 0 Å². The predicted octanol–water partition coefficient (Wildman–Crippen LogP) is 2.22. The van der Waals surface area contributed by atoms with Gasteiger partial charge in [0, 0.05) is 12.6 Å². The van der Waals surface area contributed by atoms with Crippen LogP contribution >= 0.6 is 0 Å². The minimum atomic E-state index is -0.862. The van der Waals surface area contributed by atoms with Crippen molar-refractivity contribution in [1.29, 1.82) is 0 Å². The average Bonchev–Trinajstić information content (AvgIpc) is 2.81. The monoisotopic (exact) mass is 270 g/mol. The molecule has 1 saturated carbocycles. The van der Waals surface area contributed by atoms with E-state index in [1.54, 1.807) is 0 Å². The summed E-state index contributed by atoms with van der Waals surface area (Å²) in [5.41, 5.74) is 0. The molecule has 0 aromatic carbocycles. The Hall–Kier alpha value is -1.26. The summed E-state index contributed by atoms with van der Waals surface area (Å²) in [6.07, 6.45) is 4.83. The second-order valence-electron chi connectivity index (χ2n) is 5.88. The zero-order valence-corrected chi connectivity index (χ0v) is 12.1. The van der Waals surface area contributed by atoms with Gasteiger partial charge in [0.25, 0.3) is 0 Å². The van der Waals surface area contributed by atoms with Crippen LogP contribution in [0, 0.1) is 17.8 Å². The molecule has 0 radical (unpaired) electrons. The molecule has 0 heterocycles. The Balaban J connectivity index is 2.32. The summed E-state index contributed by atoms with van der Waals surface area (Å²) in [6, 6.07) is -0.101. The number of amides is 2. The molecule has 2 atom stereocenters. The fraction of sp³-hybridized carbons (Fsp3) is 0.857. The summed E-state index contributed by atoms with van der Waals surface area (Å²) >= 11 is 0. The van der Waals surface area contributed by atoms with E-state index in [4.69, 9.17) is 5.11 Å². The van der Waals surface area contributed by atoms with Crippen LogP contribution in [0.3, 0.4) is 0 Å². The number of urea groups is 1. The molecule has 1 aliphatic carbocycles. The van der Waals surface area contributed by atoms with Crippen molar-refractivity contribution < 1.29 is 14.7 Å². The van der Waals surface area contributed by atoms with Crippen molar-refractivity contribution in [2.75, 3.05) is 6.54 Å². The quantitative estimate of drug-likeness (QED) is 0.692. The normalized spacial score (nSPS) is 19.2. The number of carbonyl (C=O) groups is 2. The first kappa shape index (κ1) is 15.8. The van der Waals surface area contributed by atoms with E-state index >= 15 is 0 Å². The standard InChI is InChI=1S/C14H26N2O3/c1-9(2)12(13(17)18)8-15-14(19)16-10(3)11-6-4-5-7-11/h9-12H,4-8H2,1-3H3,(H,17,18)(H2,15,16,19). The molecule has 1 fully saturated rings. The Morgan fingerprint density at radius 2 is 1.79 bits per heavy atom. The van der Waals surface area contributed by atoms with Crippen molar-refractivity contribution in [2.45, 2.75) is 52.5 Å². The van der Waals surface area contributed by atoms with Crippen LogP contribution in [0.4, 0.5) is 4.79 Å². The van der Waals surface area contributed by atoms with Gasteiger partial charge in [0.1, 0.15) is 0 Å². The lowest BCUT2D eigenvalue weighted by Crippen LogP contribution is -2.46. The van der Waals surface area contributed by atoms with E-state index in [1.165, 1.54) is 25.7 Å². The van der Waals surface area contributed by atoms with Gasteiger partial charge in [0.2, 0.25) is 0 Å². The van der Waals surface area contributed by atoms with Gasteiger partial charge >= 0.3 is 12.0 Å². The molecule has 0 aromatic heterocycles. The lowest BCUT2D eigenvalue weighted by Gasteiger charge is -2.22. The third-order valence-corrected chi connectivity index (χ3v) is 4.07. The Kier molecular flexibility index (Phi) is 6.12. The van der Waals surface area contributed by atoms with Gasteiger partial charge in [0.15, 0.2) is 0 Å². The third-order valence-electron chi connectivity index (χ3n) is 4.07. The van der Waals surface area contributed by atoms with Gasteiger partial charge < -0.3 is 15.7 Å². The summed E-state index contributed by atoms with van der Waals surface area (Å²) in [4.78, 5) is 22.8. The zero-order chi connectivity index (χ0) is 14.4. The maximum atomic E-state index is 11.7. The van der Waals surface area contributed by atoms with Crippen LogP contribution < -0.4 is 10.6 Å². The molecule has 5 heteroatoms. The number of nitrogens with one attached hydrogen (secondary N) is 2. The predicted molar refractivity (Wildman–Crippen MR) is 73.9 cm³/mol. The van der Waals surface area contributed by atoms with Crippen molar-refractivity contribution in [3.05, 3.63) is 0 Å². The molecule has 2 unspecified atom stereocenters. The van der Waals surface area contributed by atoms with Gasteiger partial charge in [-0.05, 0) is 31.6 Å². The highest BCUT2D eigenvalue weighted by molar-refractivity contribution is 5.76. The number of carboxylic acids is 1. The van der Waals surface area contributed by atoms with Gasteiger partial charge in [-0.25, -0.2) is 4.79 Å². The molecule has 1 aliphatic rings. The summed E-state index contributed by atoms with van der Waals surface area (Å²) in [5, 5.41) is 14.6. The highest BCUT2D eigenvalue weighted by Crippen LogP contribution is 2.27. The van der Waals surface area contributed by atoms with E-state index in [2.05, 4.69) is 10.6 Å². The van der Waals surface area contributed by atoms with Crippen molar-refractivity contribution in [3.8, 4) is 0 Å².